The number of carbonyl (C=O) groups excluding carboxylic acids is 1. The first-order chi connectivity index (χ1) is 6.02. The Kier molecular flexibility index (Phi) is 3.31. The average Bonchev–Trinajstić information content (AvgIpc) is 2.79. The van der Waals surface area contributed by atoms with Gasteiger partial charge in [0.15, 0.2) is 0 Å². The van der Waals surface area contributed by atoms with Crippen LogP contribution in [0.2, 0.25) is 0 Å². The Morgan fingerprint density at radius 2 is 2.00 bits per heavy atom. The highest BCUT2D eigenvalue weighted by Crippen LogP contribution is 2.38. The van der Waals surface area contributed by atoms with E-state index in [1.807, 2.05) is 0 Å². The largest absolute Gasteiger partial charge is 0.355 e. The van der Waals surface area contributed by atoms with E-state index in [1.165, 1.54) is 12.8 Å². The van der Waals surface area contributed by atoms with Gasteiger partial charge in [-0.25, -0.2) is 0 Å². The van der Waals surface area contributed by atoms with Crippen LogP contribution in [0.4, 0.5) is 0 Å². The van der Waals surface area contributed by atoms with Gasteiger partial charge in [0, 0.05) is 25.6 Å². The van der Waals surface area contributed by atoms with Gasteiger partial charge in [0.2, 0.25) is 5.91 Å². The second-order valence-electron chi connectivity index (χ2n) is 4.41. The van der Waals surface area contributed by atoms with E-state index in [0.717, 1.165) is 19.0 Å². The van der Waals surface area contributed by atoms with Gasteiger partial charge in [0.25, 0.3) is 0 Å². The molecule has 1 rings (SSSR count). The average molecular weight is 184 g/mol. The molecule has 1 aliphatic rings. The molecule has 0 spiro atoms. The second kappa shape index (κ2) is 4.09. The molecule has 76 valence electrons. The summed E-state index contributed by atoms with van der Waals surface area (Å²) in [6.07, 6.45) is 2.69. The number of rotatable bonds is 5. The zero-order valence-corrected chi connectivity index (χ0v) is 8.81. The lowest BCUT2D eigenvalue weighted by atomic mass is 9.99. The van der Waals surface area contributed by atoms with Gasteiger partial charge in [-0.3, -0.25) is 4.79 Å². The van der Waals surface area contributed by atoms with Crippen molar-refractivity contribution in [2.24, 2.45) is 5.92 Å². The molecule has 0 aliphatic heterocycles. The van der Waals surface area contributed by atoms with Crippen LogP contribution < -0.4 is 10.6 Å². The van der Waals surface area contributed by atoms with Gasteiger partial charge in [0.05, 0.1) is 0 Å². The van der Waals surface area contributed by atoms with Crippen molar-refractivity contribution in [1.82, 2.24) is 10.6 Å². The third-order valence-corrected chi connectivity index (χ3v) is 2.68. The molecule has 1 saturated carbocycles. The number of carbonyl (C=O) groups is 1. The summed E-state index contributed by atoms with van der Waals surface area (Å²) in [6.45, 7) is 7.61. The van der Waals surface area contributed by atoms with Crippen molar-refractivity contribution in [2.75, 3.05) is 13.1 Å². The summed E-state index contributed by atoms with van der Waals surface area (Å²) in [5, 5.41) is 6.24. The van der Waals surface area contributed by atoms with Crippen LogP contribution in [0.3, 0.4) is 0 Å². The molecule has 2 N–H and O–H groups in total. The van der Waals surface area contributed by atoms with E-state index >= 15 is 0 Å². The molecule has 0 saturated heterocycles. The van der Waals surface area contributed by atoms with Crippen LogP contribution in [-0.4, -0.2) is 24.5 Å². The van der Waals surface area contributed by atoms with Crippen LogP contribution >= 0.6 is 0 Å². The molecule has 0 aromatic carbocycles. The lowest BCUT2D eigenvalue weighted by molar-refractivity contribution is -0.118. The first-order valence-electron chi connectivity index (χ1n) is 5.02. The monoisotopic (exact) mass is 184 g/mol. The van der Waals surface area contributed by atoms with E-state index in [0.29, 0.717) is 0 Å². The summed E-state index contributed by atoms with van der Waals surface area (Å²) in [5.41, 5.74) is 0.248. The lowest BCUT2D eigenvalue weighted by Gasteiger charge is -2.26. The Morgan fingerprint density at radius 3 is 2.46 bits per heavy atom. The Labute approximate surface area is 80.3 Å². The summed E-state index contributed by atoms with van der Waals surface area (Å²) in [7, 11) is 0. The molecular formula is C10H20N2O. The maximum atomic E-state index is 10.6. The van der Waals surface area contributed by atoms with Crippen LogP contribution in [0, 0.1) is 5.92 Å². The summed E-state index contributed by atoms with van der Waals surface area (Å²) >= 11 is 0. The quantitative estimate of drug-likeness (QED) is 0.623. The Hall–Kier alpha value is -0.570. The molecule has 0 unspecified atom stereocenters. The zero-order chi connectivity index (χ0) is 9.90. The highest BCUT2D eigenvalue weighted by Gasteiger charge is 2.36. The van der Waals surface area contributed by atoms with E-state index < -0.39 is 0 Å². The highest BCUT2D eigenvalue weighted by atomic mass is 16.1. The minimum atomic E-state index is 0.0472. The second-order valence-corrected chi connectivity index (χ2v) is 4.41. The van der Waals surface area contributed by atoms with E-state index in [2.05, 4.69) is 24.5 Å². The van der Waals surface area contributed by atoms with Gasteiger partial charge in [-0.15, -0.1) is 0 Å². The van der Waals surface area contributed by atoms with Crippen molar-refractivity contribution in [3.05, 3.63) is 0 Å². The van der Waals surface area contributed by atoms with E-state index in [9.17, 15) is 4.79 Å². The van der Waals surface area contributed by atoms with Gasteiger partial charge in [-0.2, -0.15) is 0 Å². The third-order valence-electron chi connectivity index (χ3n) is 2.68. The molecule has 0 radical (unpaired) electrons. The van der Waals surface area contributed by atoms with Gasteiger partial charge < -0.3 is 10.6 Å². The Bertz CT molecular complexity index is 185. The Balaban J connectivity index is 2.07. The van der Waals surface area contributed by atoms with Crippen LogP contribution in [0.5, 0.6) is 0 Å². The summed E-state index contributed by atoms with van der Waals surface area (Å²) in [5.74, 6) is 0.885. The molecule has 1 amide bonds. The molecule has 3 nitrogen and oxygen atoms in total. The summed E-state index contributed by atoms with van der Waals surface area (Å²) in [4.78, 5) is 10.6. The smallest absolute Gasteiger partial charge is 0.216 e. The SMILES string of the molecule is CC(=O)NCCNC(C)(C)C1CC1. The zero-order valence-electron chi connectivity index (χ0n) is 8.81. The number of nitrogens with one attached hydrogen (secondary N) is 2. The minimum absolute atomic E-state index is 0.0472. The molecule has 0 aromatic rings. The number of hydrogen-bond acceptors (Lipinski definition) is 2. The fourth-order valence-corrected chi connectivity index (χ4v) is 1.57. The summed E-state index contributed by atoms with van der Waals surface area (Å²) < 4.78 is 0. The molecule has 1 fully saturated rings. The first-order valence-corrected chi connectivity index (χ1v) is 5.02. The van der Waals surface area contributed by atoms with Crippen LogP contribution in [0.15, 0.2) is 0 Å². The van der Waals surface area contributed by atoms with Crippen molar-refractivity contribution in [1.29, 1.82) is 0 Å². The van der Waals surface area contributed by atoms with E-state index in [-0.39, 0.29) is 11.4 Å². The molecule has 13 heavy (non-hydrogen) atoms. The van der Waals surface area contributed by atoms with Gasteiger partial charge in [-0.05, 0) is 32.6 Å². The van der Waals surface area contributed by atoms with Crippen molar-refractivity contribution in [2.45, 2.75) is 39.2 Å². The van der Waals surface area contributed by atoms with E-state index in [1.54, 1.807) is 6.92 Å². The first kappa shape index (κ1) is 10.5. The number of amides is 1. The fraction of sp³-hybridized carbons (Fsp3) is 0.900. The molecule has 0 aromatic heterocycles. The van der Waals surface area contributed by atoms with Crippen molar-refractivity contribution >= 4 is 5.91 Å². The van der Waals surface area contributed by atoms with Gasteiger partial charge >= 0.3 is 0 Å². The summed E-state index contributed by atoms with van der Waals surface area (Å²) in [6, 6.07) is 0. The molecule has 0 atom stereocenters. The van der Waals surface area contributed by atoms with Crippen molar-refractivity contribution in [3.63, 3.8) is 0 Å². The normalized spacial score (nSPS) is 17.2. The number of hydrogen-bond donors (Lipinski definition) is 2. The lowest BCUT2D eigenvalue weighted by Crippen LogP contribution is -2.44. The fourth-order valence-electron chi connectivity index (χ4n) is 1.57. The van der Waals surface area contributed by atoms with Crippen molar-refractivity contribution in [3.8, 4) is 0 Å². The Morgan fingerprint density at radius 1 is 1.38 bits per heavy atom. The topological polar surface area (TPSA) is 41.1 Å². The maximum Gasteiger partial charge on any atom is 0.216 e. The van der Waals surface area contributed by atoms with Gasteiger partial charge in [0.1, 0.15) is 0 Å². The molecule has 1 aliphatic carbocycles. The molecule has 0 bridgehead atoms. The molecular weight excluding hydrogens is 164 g/mol. The predicted octanol–water partition coefficient (Wildman–Crippen LogP) is 0.901. The maximum absolute atomic E-state index is 10.6. The van der Waals surface area contributed by atoms with Gasteiger partial charge in [-0.1, -0.05) is 0 Å². The highest BCUT2D eigenvalue weighted by molar-refractivity contribution is 5.72. The molecule has 0 heterocycles. The van der Waals surface area contributed by atoms with Crippen molar-refractivity contribution < 1.29 is 4.79 Å². The van der Waals surface area contributed by atoms with Crippen LogP contribution in [0.25, 0.3) is 0 Å². The third kappa shape index (κ3) is 3.77. The molecule has 3 heteroatoms. The van der Waals surface area contributed by atoms with Crippen LogP contribution in [0.1, 0.15) is 33.6 Å². The predicted molar refractivity (Wildman–Crippen MR) is 53.5 cm³/mol. The van der Waals surface area contributed by atoms with E-state index in [4.69, 9.17) is 0 Å². The standard InChI is InChI=1S/C10H20N2O/c1-8(13)11-6-7-12-10(2,3)9-4-5-9/h9,12H,4-7H2,1-3H3,(H,11,13). The van der Waals surface area contributed by atoms with Crippen LogP contribution in [-0.2, 0) is 4.79 Å². The minimum Gasteiger partial charge on any atom is -0.355 e.